The smallest absolute Gasteiger partial charge is 0.226 e. The maximum atomic E-state index is 11.9. The number of hydrogen-bond donors (Lipinski definition) is 1. The lowest BCUT2D eigenvalue weighted by Crippen LogP contribution is -2.18. The minimum absolute atomic E-state index is 0.0232. The average Bonchev–Trinajstić information content (AvgIpc) is 2.41. The normalized spacial score (nSPS) is 10.5. The first kappa shape index (κ1) is 13.3. The summed E-state index contributed by atoms with van der Waals surface area (Å²) in [6.45, 7) is 5.85. The Balaban J connectivity index is 2.42. The van der Waals surface area contributed by atoms with Crippen molar-refractivity contribution >= 4 is 11.6 Å². The number of rotatable bonds is 3. The molecule has 0 bridgehead atoms. The molecule has 2 aromatic carbocycles. The zero-order chi connectivity index (χ0) is 13.8. The van der Waals surface area contributed by atoms with E-state index in [1.165, 1.54) is 5.56 Å². The fourth-order valence-corrected chi connectivity index (χ4v) is 1.90. The summed E-state index contributed by atoms with van der Waals surface area (Å²) in [5, 5.41) is 3.00. The maximum Gasteiger partial charge on any atom is 0.226 e. The molecule has 0 aromatic heterocycles. The highest BCUT2D eigenvalue weighted by atomic mass is 16.1. The van der Waals surface area contributed by atoms with Gasteiger partial charge in [-0.1, -0.05) is 55.8 Å². The molecule has 0 fully saturated rings. The molecule has 0 aliphatic carbocycles. The molecule has 0 radical (unpaired) electrons. The van der Waals surface area contributed by atoms with Gasteiger partial charge in [0.1, 0.15) is 0 Å². The predicted octanol–water partition coefficient (Wildman–Crippen LogP) is 4.26. The van der Waals surface area contributed by atoms with E-state index in [-0.39, 0.29) is 11.8 Å². The van der Waals surface area contributed by atoms with Crippen LogP contribution in [0.4, 0.5) is 5.69 Å². The quantitative estimate of drug-likeness (QED) is 0.870. The van der Waals surface area contributed by atoms with E-state index < -0.39 is 0 Å². The van der Waals surface area contributed by atoms with Crippen molar-refractivity contribution in [1.82, 2.24) is 0 Å². The second-order valence-corrected chi connectivity index (χ2v) is 5.06. The molecule has 0 heterocycles. The lowest BCUT2D eigenvalue weighted by Gasteiger charge is -2.13. The van der Waals surface area contributed by atoms with Gasteiger partial charge < -0.3 is 5.32 Å². The largest absolute Gasteiger partial charge is 0.325 e. The van der Waals surface area contributed by atoms with Crippen LogP contribution < -0.4 is 5.32 Å². The second-order valence-electron chi connectivity index (χ2n) is 5.06. The van der Waals surface area contributed by atoms with E-state index in [2.05, 4.69) is 30.4 Å². The van der Waals surface area contributed by atoms with E-state index >= 15 is 0 Å². The second kappa shape index (κ2) is 5.70. The lowest BCUT2D eigenvalue weighted by atomic mass is 10.0. The standard InChI is InChI=1S/C17H19NO/c1-12(2)17(19)18-16-10-9-13(3)11-15(16)14-7-5-4-6-8-14/h4-12H,1-3H3,(H,18,19). The molecule has 2 nitrogen and oxygen atoms in total. The van der Waals surface area contributed by atoms with Crippen molar-refractivity contribution < 1.29 is 4.79 Å². The van der Waals surface area contributed by atoms with Crippen LogP contribution in [0, 0.1) is 12.8 Å². The number of benzene rings is 2. The highest BCUT2D eigenvalue weighted by Gasteiger charge is 2.11. The third-order valence-corrected chi connectivity index (χ3v) is 3.04. The van der Waals surface area contributed by atoms with Gasteiger partial charge >= 0.3 is 0 Å². The molecule has 19 heavy (non-hydrogen) atoms. The van der Waals surface area contributed by atoms with Gasteiger partial charge in [0.15, 0.2) is 0 Å². The number of anilines is 1. The number of carbonyl (C=O) groups is 1. The summed E-state index contributed by atoms with van der Waals surface area (Å²) >= 11 is 0. The molecule has 2 rings (SSSR count). The van der Waals surface area contributed by atoms with Crippen molar-refractivity contribution in [1.29, 1.82) is 0 Å². The Hall–Kier alpha value is -2.09. The summed E-state index contributed by atoms with van der Waals surface area (Å²) in [4.78, 5) is 11.9. The Morgan fingerprint density at radius 3 is 2.37 bits per heavy atom. The van der Waals surface area contributed by atoms with E-state index in [0.29, 0.717) is 0 Å². The molecule has 2 heteroatoms. The molecule has 0 aliphatic heterocycles. The third kappa shape index (κ3) is 3.22. The van der Waals surface area contributed by atoms with Crippen LogP contribution in [0.3, 0.4) is 0 Å². The number of amides is 1. The Labute approximate surface area is 114 Å². The number of hydrogen-bond acceptors (Lipinski definition) is 1. The van der Waals surface area contributed by atoms with Gasteiger partial charge in [0, 0.05) is 17.2 Å². The van der Waals surface area contributed by atoms with Gasteiger partial charge in [-0.05, 0) is 24.6 Å². The summed E-state index contributed by atoms with van der Waals surface area (Å²) in [6, 6.07) is 16.2. The number of aryl methyl sites for hydroxylation is 1. The van der Waals surface area contributed by atoms with Crippen LogP contribution in [0.1, 0.15) is 19.4 Å². The van der Waals surface area contributed by atoms with Gasteiger partial charge in [0.05, 0.1) is 0 Å². The fourth-order valence-electron chi connectivity index (χ4n) is 1.90. The van der Waals surface area contributed by atoms with E-state index in [1.807, 2.05) is 44.2 Å². The SMILES string of the molecule is Cc1ccc(NC(=O)C(C)C)c(-c2ccccc2)c1. The van der Waals surface area contributed by atoms with Crippen molar-refractivity contribution in [3.05, 3.63) is 54.1 Å². The van der Waals surface area contributed by atoms with E-state index in [1.54, 1.807) is 0 Å². The van der Waals surface area contributed by atoms with E-state index in [4.69, 9.17) is 0 Å². The van der Waals surface area contributed by atoms with Crippen molar-refractivity contribution in [3.63, 3.8) is 0 Å². The monoisotopic (exact) mass is 253 g/mol. The molecule has 0 saturated heterocycles. The van der Waals surface area contributed by atoms with E-state index in [9.17, 15) is 4.79 Å². The Morgan fingerprint density at radius 2 is 1.74 bits per heavy atom. The highest BCUT2D eigenvalue weighted by Crippen LogP contribution is 2.29. The van der Waals surface area contributed by atoms with Crippen LogP contribution in [0.25, 0.3) is 11.1 Å². The molecule has 0 unspecified atom stereocenters. The van der Waals surface area contributed by atoms with Crippen molar-refractivity contribution in [2.45, 2.75) is 20.8 Å². The molecule has 0 spiro atoms. The van der Waals surface area contributed by atoms with Gasteiger partial charge in [-0.15, -0.1) is 0 Å². The average molecular weight is 253 g/mol. The van der Waals surface area contributed by atoms with Gasteiger partial charge in [-0.2, -0.15) is 0 Å². The summed E-state index contributed by atoms with van der Waals surface area (Å²) in [6.07, 6.45) is 0. The van der Waals surface area contributed by atoms with Gasteiger partial charge in [-0.25, -0.2) is 0 Å². The molecular formula is C17H19NO. The molecule has 1 amide bonds. The minimum atomic E-state index is -0.0232. The minimum Gasteiger partial charge on any atom is -0.325 e. The van der Waals surface area contributed by atoms with Crippen molar-refractivity contribution in [2.24, 2.45) is 5.92 Å². The topological polar surface area (TPSA) is 29.1 Å². The van der Waals surface area contributed by atoms with Crippen LogP contribution in [0.2, 0.25) is 0 Å². The molecular weight excluding hydrogens is 234 g/mol. The van der Waals surface area contributed by atoms with Crippen LogP contribution in [0.5, 0.6) is 0 Å². The zero-order valence-electron chi connectivity index (χ0n) is 11.6. The van der Waals surface area contributed by atoms with Crippen LogP contribution in [0.15, 0.2) is 48.5 Å². The van der Waals surface area contributed by atoms with Crippen LogP contribution in [-0.4, -0.2) is 5.91 Å². The van der Waals surface area contributed by atoms with Crippen molar-refractivity contribution in [2.75, 3.05) is 5.32 Å². The molecule has 0 atom stereocenters. The van der Waals surface area contributed by atoms with Gasteiger partial charge in [0.2, 0.25) is 5.91 Å². The first-order valence-corrected chi connectivity index (χ1v) is 6.55. The summed E-state index contributed by atoms with van der Waals surface area (Å²) in [5.41, 5.74) is 4.23. The van der Waals surface area contributed by atoms with Crippen LogP contribution in [-0.2, 0) is 4.79 Å². The molecule has 98 valence electrons. The lowest BCUT2D eigenvalue weighted by molar-refractivity contribution is -0.118. The Morgan fingerprint density at radius 1 is 1.05 bits per heavy atom. The van der Waals surface area contributed by atoms with Gasteiger partial charge in [-0.3, -0.25) is 4.79 Å². The van der Waals surface area contributed by atoms with Crippen molar-refractivity contribution in [3.8, 4) is 11.1 Å². The first-order valence-electron chi connectivity index (χ1n) is 6.55. The number of nitrogens with one attached hydrogen (secondary N) is 1. The molecule has 2 aromatic rings. The first-order chi connectivity index (χ1) is 9.08. The molecule has 1 N–H and O–H groups in total. The van der Waals surface area contributed by atoms with Crippen LogP contribution >= 0.6 is 0 Å². The summed E-state index contributed by atoms with van der Waals surface area (Å²) in [7, 11) is 0. The maximum absolute atomic E-state index is 11.9. The molecule has 0 aliphatic rings. The number of carbonyl (C=O) groups excluding carboxylic acids is 1. The third-order valence-electron chi connectivity index (χ3n) is 3.04. The molecule has 0 saturated carbocycles. The summed E-state index contributed by atoms with van der Waals surface area (Å²) < 4.78 is 0. The summed E-state index contributed by atoms with van der Waals surface area (Å²) in [5.74, 6) is 0.0194. The Kier molecular flexibility index (Phi) is 4.00. The van der Waals surface area contributed by atoms with Gasteiger partial charge in [0.25, 0.3) is 0 Å². The predicted molar refractivity (Wildman–Crippen MR) is 80.1 cm³/mol. The zero-order valence-corrected chi connectivity index (χ0v) is 11.6. The van der Waals surface area contributed by atoms with E-state index in [0.717, 1.165) is 16.8 Å². The fraction of sp³-hybridized carbons (Fsp3) is 0.235. The highest BCUT2D eigenvalue weighted by molar-refractivity contribution is 5.96. The Bertz CT molecular complexity index is 573.